The van der Waals surface area contributed by atoms with Crippen molar-refractivity contribution >= 4 is 57.7 Å². The Bertz CT molecular complexity index is 1250. The number of thiocarbonyl (C=S) groups is 1. The number of anilines is 1. The van der Waals surface area contributed by atoms with Crippen molar-refractivity contribution in [2.45, 2.75) is 32.6 Å². The molecule has 2 aromatic heterocycles. The highest BCUT2D eigenvalue weighted by atomic mass is 32.2. The lowest BCUT2D eigenvalue weighted by molar-refractivity contribution is -0.137. The molecule has 4 heterocycles. The first kappa shape index (κ1) is 25.3. The van der Waals surface area contributed by atoms with E-state index in [1.807, 2.05) is 19.1 Å². The maximum atomic E-state index is 13.6. The Balaban J connectivity index is 1.64. The molecular formula is C24H29N5O4S2. The first-order valence-electron chi connectivity index (χ1n) is 11.7. The predicted molar refractivity (Wildman–Crippen MR) is 142 cm³/mol. The van der Waals surface area contributed by atoms with Crippen molar-refractivity contribution in [3.63, 3.8) is 0 Å². The van der Waals surface area contributed by atoms with E-state index in [-0.39, 0.29) is 17.9 Å². The van der Waals surface area contributed by atoms with E-state index < -0.39 is 5.97 Å². The van der Waals surface area contributed by atoms with Crippen LogP contribution in [0.1, 0.15) is 36.8 Å². The summed E-state index contributed by atoms with van der Waals surface area (Å²) in [5, 5.41) is 8.78. The number of fused-ring (bicyclic) bond motifs is 1. The van der Waals surface area contributed by atoms with Crippen molar-refractivity contribution in [2.75, 3.05) is 44.7 Å². The molecule has 0 unspecified atom stereocenters. The molecule has 2 saturated heterocycles. The van der Waals surface area contributed by atoms with Gasteiger partial charge >= 0.3 is 5.97 Å². The number of aryl methyl sites for hydroxylation is 1. The highest BCUT2D eigenvalue weighted by molar-refractivity contribution is 8.26. The fraction of sp³-hybridized carbons (Fsp3) is 0.458. The Kier molecular flexibility index (Phi) is 7.88. The number of aromatic nitrogens is 2. The summed E-state index contributed by atoms with van der Waals surface area (Å²) in [4.78, 5) is 48.5. The van der Waals surface area contributed by atoms with Gasteiger partial charge in [0.15, 0.2) is 0 Å². The highest BCUT2D eigenvalue weighted by Gasteiger charge is 2.32. The van der Waals surface area contributed by atoms with Crippen molar-refractivity contribution in [1.29, 1.82) is 0 Å². The molecule has 2 aliphatic rings. The molecule has 0 aromatic carbocycles. The number of piperazine rings is 1. The predicted octanol–water partition coefficient (Wildman–Crippen LogP) is 2.60. The third-order valence-electron chi connectivity index (χ3n) is 6.21. The van der Waals surface area contributed by atoms with Gasteiger partial charge in [0.1, 0.15) is 15.8 Å². The Hall–Kier alpha value is -2.76. The second kappa shape index (κ2) is 10.9. The van der Waals surface area contributed by atoms with E-state index in [2.05, 4.69) is 16.8 Å². The SMILES string of the molecule is Cc1ccc2nc(N3CCN(C)CC3)c(C=C3SC(=S)N(CCCCCC(=O)O)C3=O)c(=O)n2c1. The fourth-order valence-electron chi connectivity index (χ4n) is 4.18. The summed E-state index contributed by atoms with van der Waals surface area (Å²) in [6.07, 6.45) is 5.45. The number of amides is 1. The number of hydrogen-bond acceptors (Lipinski definition) is 8. The zero-order valence-corrected chi connectivity index (χ0v) is 21.5. The van der Waals surface area contributed by atoms with E-state index in [4.69, 9.17) is 22.3 Å². The normalized spacial score (nSPS) is 18.3. The summed E-state index contributed by atoms with van der Waals surface area (Å²) in [7, 11) is 2.07. The second-order valence-electron chi connectivity index (χ2n) is 8.92. The highest BCUT2D eigenvalue weighted by Crippen LogP contribution is 2.34. The summed E-state index contributed by atoms with van der Waals surface area (Å²) in [6.45, 7) is 5.55. The van der Waals surface area contributed by atoms with Crippen LogP contribution >= 0.6 is 24.0 Å². The number of nitrogens with zero attached hydrogens (tertiary/aromatic N) is 5. The average molecular weight is 516 g/mol. The quantitative estimate of drug-likeness (QED) is 0.323. The van der Waals surface area contributed by atoms with Gasteiger partial charge < -0.3 is 14.9 Å². The number of carbonyl (C=O) groups excluding carboxylic acids is 1. The minimum absolute atomic E-state index is 0.117. The average Bonchev–Trinajstić information content (AvgIpc) is 3.08. The Morgan fingerprint density at radius 2 is 1.91 bits per heavy atom. The zero-order valence-electron chi connectivity index (χ0n) is 19.9. The van der Waals surface area contributed by atoms with Gasteiger partial charge in [0, 0.05) is 45.3 Å². The van der Waals surface area contributed by atoms with Crippen molar-refractivity contribution < 1.29 is 14.7 Å². The molecule has 186 valence electrons. The summed E-state index contributed by atoms with van der Waals surface area (Å²) < 4.78 is 1.98. The minimum Gasteiger partial charge on any atom is -0.481 e. The lowest BCUT2D eigenvalue weighted by Crippen LogP contribution is -2.45. The largest absolute Gasteiger partial charge is 0.481 e. The summed E-state index contributed by atoms with van der Waals surface area (Å²) >= 11 is 6.64. The number of unbranched alkanes of at least 4 members (excludes halogenated alkanes) is 2. The van der Waals surface area contributed by atoms with Crippen molar-refractivity contribution in [3.05, 3.63) is 44.7 Å². The summed E-state index contributed by atoms with van der Waals surface area (Å²) in [6, 6.07) is 3.76. The first-order valence-corrected chi connectivity index (χ1v) is 12.9. The molecule has 0 bridgehead atoms. The maximum absolute atomic E-state index is 13.6. The van der Waals surface area contributed by atoms with E-state index in [1.54, 1.807) is 17.2 Å². The van der Waals surface area contributed by atoms with Gasteiger partial charge in [-0.1, -0.05) is 36.5 Å². The molecule has 2 fully saturated rings. The molecule has 9 nitrogen and oxygen atoms in total. The third-order valence-corrected chi connectivity index (χ3v) is 7.59. The number of aliphatic carboxylic acids is 1. The smallest absolute Gasteiger partial charge is 0.303 e. The number of carboxylic acid groups (broad SMARTS) is 1. The van der Waals surface area contributed by atoms with Gasteiger partial charge in [0.2, 0.25) is 0 Å². The van der Waals surface area contributed by atoms with E-state index in [0.717, 1.165) is 31.7 Å². The molecule has 0 aliphatic carbocycles. The molecule has 1 amide bonds. The molecule has 2 aliphatic heterocycles. The maximum Gasteiger partial charge on any atom is 0.303 e. The Morgan fingerprint density at radius 3 is 2.63 bits per heavy atom. The van der Waals surface area contributed by atoms with Crippen LogP contribution in [-0.2, 0) is 9.59 Å². The van der Waals surface area contributed by atoms with Crippen LogP contribution in [0.4, 0.5) is 5.82 Å². The Morgan fingerprint density at radius 1 is 1.17 bits per heavy atom. The summed E-state index contributed by atoms with van der Waals surface area (Å²) in [5.74, 6) is -0.456. The molecule has 0 spiro atoms. The Labute approximate surface area is 213 Å². The van der Waals surface area contributed by atoms with Crippen LogP contribution in [0.5, 0.6) is 0 Å². The fourth-order valence-corrected chi connectivity index (χ4v) is 5.47. The van der Waals surface area contributed by atoms with Gasteiger partial charge in [0.25, 0.3) is 11.5 Å². The topological polar surface area (TPSA) is 98.5 Å². The molecule has 0 atom stereocenters. The van der Waals surface area contributed by atoms with Gasteiger partial charge in [0.05, 0.1) is 10.5 Å². The van der Waals surface area contributed by atoms with Gasteiger partial charge in [-0.05, 0) is 44.5 Å². The van der Waals surface area contributed by atoms with E-state index >= 15 is 0 Å². The molecule has 0 saturated carbocycles. The van der Waals surface area contributed by atoms with E-state index in [9.17, 15) is 14.4 Å². The number of carbonyl (C=O) groups is 2. The lowest BCUT2D eigenvalue weighted by Gasteiger charge is -2.34. The number of pyridine rings is 1. The zero-order chi connectivity index (χ0) is 25.1. The van der Waals surface area contributed by atoms with Crippen LogP contribution in [-0.4, -0.2) is 80.3 Å². The van der Waals surface area contributed by atoms with Gasteiger partial charge in [-0.2, -0.15) is 0 Å². The molecule has 11 heteroatoms. The lowest BCUT2D eigenvalue weighted by atomic mass is 10.2. The molecular weight excluding hydrogens is 486 g/mol. The van der Waals surface area contributed by atoms with E-state index in [1.165, 1.54) is 16.2 Å². The standard InChI is InChI=1S/C24H29N5O4S2/c1-16-7-8-19-25-21(27-12-10-26(2)11-13-27)17(22(32)29(19)15-16)14-18-23(33)28(24(34)35-18)9-5-3-4-6-20(30)31/h7-8,14-15H,3-6,9-13H2,1-2H3,(H,30,31). The van der Waals surface area contributed by atoms with Crippen LogP contribution in [0.3, 0.4) is 0 Å². The second-order valence-corrected chi connectivity index (χ2v) is 10.6. The van der Waals surface area contributed by atoms with Crippen LogP contribution in [0.15, 0.2) is 28.0 Å². The third kappa shape index (κ3) is 5.74. The van der Waals surface area contributed by atoms with Crippen LogP contribution in [0.25, 0.3) is 11.7 Å². The van der Waals surface area contributed by atoms with Gasteiger partial charge in [-0.3, -0.25) is 23.7 Å². The number of likely N-dealkylation sites (N-methyl/N-ethyl adjacent to an activating group) is 1. The van der Waals surface area contributed by atoms with Crippen molar-refractivity contribution in [3.8, 4) is 0 Å². The first-order chi connectivity index (χ1) is 16.7. The molecule has 4 rings (SSSR count). The van der Waals surface area contributed by atoms with Crippen LogP contribution in [0, 0.1) is 6.92 Å². The van der Waals surface area contributed by atoms with Gasteiger partial charge in [-0.25, -0.2) is 4.98 Å². The van der Waals surface area contributed by atoms with Crippen LogP contribution in [0.2, 0.25) is 0 Å². The van der Waals surface area contributed by atoms with Crippen molar-refractivity contribution in [2.24, 2.45) is 0 Å². The van der Waals surface area contributed by atoms with E-state index in [0.29, 0.717) is 52.1 Å². The van der Waals surface area contributed by atoms with Crippen LogP contribution < -0.4 is 10.5 Å². The van der Waals surface area contributed by atoms with Gasteiger partial charge in [-0.15, -0.1) is 0 Å². The number of hydrogen-bond donors (Lipinski definition) is 1. The molecule has 1 N–H and O–H groups in total. The summed E-state index contributed by atoms with van der Waals surface area (Å²) in [5.41, 5.74) is 1.68. The molecule has 35 heavy (non-hydrogen) atoms. The minimum atomic E-state index is -0.819. The molecule has 0 radical (unpaired) electrons. The number of thioether (sulfide) groups is 1. The molecule has 2 aromatic rings. The van der Waals surface area contributed by atoms with Crippen molar-refractivity contribution in [1.82, 2.24) is 19.2 Å². The number of rotatable bonds is 8. The number of carboxylic acids is 1. The monoisotopic (exact) mass is 515 g/mol.